The fourth-order valence-electron chi connectivity index (χ4n) is 9.08. The van der Waals surface area contributed by atoms with Gasteiger partial charge in [0, 0.05) is 33.5 Å². The van der Waals surface area contributed by atoms with Gasteiger partial charge in [0.2, 0.25) is 0 Å². The molecule has 0 N–H and O–H groups in total. The van der Waals surface area contributed by atoms with Gasteiger partial charge in [0.25, 0.3) is 0 Å². The first-order valence-electron chi connectivity index (χ1n) is 21.7. The molecule has 0 fully saturated rings. The van der Waals surface area contributed by atoms with Crippen molar-refractivity contribution < 1.29 is 9.47 Å². The molecule has 0 atom stereocenters. The Morgan fingerprint density at radius 2 is 0.672 bits per heavy atom. The summed E-state index contributed by atoms with van der Waals surface area (Å²) in [6.45, 7) is 0. The zero-order chi connectivity index (χ0) is 42.4. The Bertz CT molecular complexity index is 3350. The van der Waals surface area contributed by atoms with Crippen molar-refractivity contribution in [3.8, 4) is 73.2 Å². The van der Waals surface area contributed by atoms with E-state index in [-0.39, 0.29) is 0 Å². The first-order valence-corrected chi connectivity index (χ1v) is 21.7. The Balaban J connectivity index is 0.833. The van der Waals surface area contributed by atoms with Crippen molar-refractivity contribution in [2.45, 2.75) is 0 Å². The summed E-state index contributed by atoms with van der Waals surface area (Å²) in [7, 11) is 0. The van der Waals surface area contributed by atoms with E-state index in [1.54, 1.807) is 0 Å². The first-order chi connectivity index (χ1) is 31.7. The number of anilines is 3. The molecule has 12 rings (SSSR count). The van der Waals surface area contributed by atoms with Crippen LogP contribution in [-0.2, 0) is 0 Å². The number of fused-ring (bicyclic) bond motifs is 6. The van der Waals surface area contributed by atoms with Gasteiger partial charge < -0.3 is 18.9 Å². The number of rotatable bonds is 8. The summed E-state index contributed by atoms with van der Waals surface area (Å²) in [4.78, 5) is 2.33. The molecule has 4 nitrogen and oxygen atoms in total. The van der Waals surface area contributed by atoms with Gasteiger partial charge in [0.05, 0.1) is 5.52 Å². The molecule has 0 bridgehead atoms. The minimum atomic E-state index is 0.710. The van der Waals surface area contributed by atoms with E-state index in [2.05, 4.69) is 222 Å². The zero-order valence-corrected chi connectivity index (χ0v) is 34.8. The maximum Gasteiger partial charge on any atom is 0.194 e. The number of ether oxygens (including phenoxy) is 2. The highest BCUT2D eigenvalue weighted by molar-refractivity contribution is 6.12. The number of hydrogen-bond donors (Lipinski definition) is 0. The van der Waals surface area contributed by atoms with E-state index < -0.39 is 0 Å². The molecular weight excluding hydrogens is 781 g/mol. The summed E-state index contributed by atoms with van der Waals surface area (Å²) >= 11 is 0. The van der Waals surface area contributed by atoms with E-state index in [9.17, 15) is 0 Å². The molecule has 0 saturated carbocycles. The van der Waals surface area contributed by atoms with Gasteiger partial charge in [-0.05, 0) is 123 Å². The number of benzene rings is 10. The molecule has 1 aromatic heterocycles. The van der Waals surface area contributed by atoms with Gasteiger partial charge in [-0.3, -0.25) is 0 Å². The standard InChI is InChI=1S/C60H40N2O2/c1-3-11-41(12-4-1)45-23-31-49(32-24-45)61(50-33-25-46(26-34-50)42-13-5-2-6-14-42)51-35-27-47(28-36-51)43-19-21-44(22-20-43)48-29-37-52(38-30-48)62-55-16-8-7-15-53(55)54-39-40-58-60(59(54)62)64-57-18-10-9-17-56(57)63-58/h1-40H. The molecule has 10 aromatic carbocycles. The molecule has 4 heteroatoms. The summed E-state index contributed by atoms with van der Waals surface area (Å²) < 4.78 is 15.2. The fraction of sp³-hybridized carbons (Fsp3) is 0. The molecule has 0 spiro atoms. The zero-order valence-electron chi connectivity index (χ0n) is 34.8. The lowest BCUT2D eigenvalue weighted by Gasteiger charge is -2.26. The van der Waals surface area contributed by atoms with E-state index >= 15 is 0 Å². The third-order valence-electron chi connectivity index (χ3n) is 12.3. The Labute approximate surface area is 372 Å². The molecule has 302 valence electrons. The van der Waals surface area contributed by atoms with E-state index in [1.165, 1.54) is 22.3 Å². The van der Waals surface area contributed by atoms with Crippen molar-refractivity contribution in [3.05, 3.63) is 243 Å². The smallest absolute Gasteiger partial charge is 0.194 e. The average Bonchev–Trinajstić information content (AvgIpc) is 3.72. The average molecular weight is 821 g/mol. The summed E-state index contributed by atoms with van der Waals surface area (Å²) in [5.41, 5.74) is 15.9. The molecule has 11 aromatic rings. The lowest BCUT2D eigenvalue weighted by Crippen LogP contribution is -2.09. The Morgan fingerprint density at radius 3 is 1.17 bits per heavy atom. The SMILES string of the molecule is c1ccc(-c2ccc(N(c3ccc(-c4ccccc4)cc3)c3ccc(-c4ccc(-c5ccc(-n6c7ccccc7c7ccc8c(c76)Oc6ccccc6O8)cc5)cc4)cc3)cc2)cc1. The summed E-state index contributed by atoms with van der Waals surface area (Å²) in [6.07, 6.45) is 0. The van der Waals surface area contributed by atoms with Gasteiger partial charge in [-0.2, -0.15) is 0 Å². The van der Waals surface area contributed by atoms with Crippen LogP contribution >= 0.6 is 0 Å². The topological polar surface area (TPSA) is 26.6 Å². The van der Waals surface area contributed by atoms with E-state index in [0.29, 0.717) is 11.5 Å². The molecule has 1 aliphatic heterocycles. The molecule has 0 amide bonds. The Kier molecular flexibility index (Phi) is 9.12. The number of para-hydroxylation sites is 3. The lowest BCUT2D eigenvalue weighted by atomic mass is 9.99. The second-order valence-corrected chi connectivity index (χ2v) is 16.1. The minimum Gasteiger partial charge on any atom is -0.449 e. The van der Waals surface area contributed by atoms with Gasteiger partial charge >= 0.3 is 0 Å². The van der Waals surface area contributed by atoms with Gasteiger partial charge in [-0.25, -0.2) is 0 Å². The molecule has 64 heavy (non-hydrogen) atoms. The van der Waals surface area contributed by atoms with Crippen LogP contribution in [0.3, 0.4) is 0 Å². The molecule has 0 aliphatic carbocycles. The Morgan fingerprint density at radius 1 is 0.281 bits per heavy atom. The van der Waals surface area contributed by atoms with Crippen molar-refractivity contribution in [1.29, 1.82) is 0 Å². The van der Waals surface area contributed by atoms with Crippen molar-refractivity contribution in [2.75, 3.05) is 4.90 Å². The first kappa shape index (κ1) is 37.2. The number of hydrogen-bond acceptors (Lipinski definition) is 3. The van der Waals surface area contributed by atoms with E-state index in [4.69, 9.17) is 9.47 Å². The normalized spacial score (nSPS) is 11.7. The van der Waals surface area contributed by atoms with Crippen LogP contribution < -0.4 is 14.4 Å². The highest BCUT2D eigenvalue weighted by Gasteiger charge is 2.25. The summed E-state index contributed by atoms with van der Waals surface area (Å²) in [5.74, 6) is 2.87. The van der Waals surface area contributed by atoms with Gasteiger partial charge in [-0.15, -0.1) is 0 Å². The predicted molar refractivity (Wildman–Crippen MR) is 264 cm³/mol. The van der Waals surface area contributed by atoms with E-state index in [1.807, 2.05) is 30.3 Å². The fourth-order valence-corrected chi connectivity index (χ4v) is 9.08. The summed E-state index contributed by atoms with van der Waals surface area (Å²) in [6, 6.07) is 85.8. The number of aromatic nitrogens is 1. The maximum atomic E-state index is 6.57. The monoisotopic (exact) mass is 820 g/mol. The molecular formula is C60H40N2O2. The molecule has 1 aliphatic rings. The molecule has 0 saturated heterocycles. The van der Waals surface area contributed by atoms with Crippen LogP contribution in [0, 0.1) is 0 Å². The molecule has 0 unspecified atom stereocenters. The Hall–Kier alpha value is -8.60. The largest absolute Gasteiger partial charge is 0.449 e. The number of nitrogens with zero attached hydrogens (tertiary/aromatic N) is 2. The van der Waals surface area contributed by atoms with Gasteiger partial charge in [0.15, 0.2) is 23.0 Å². The van der Waals surface area contributed by atoms with E-state index in [0.717, 1.165) is 78.3 Å². The third-order valence-corrected chi connectivity index (χ3v) is 12.3. The second kappa shape index (κ2) is 15.7. The van der Waals surface area contributed by atoms with Crippen molar-refractivity contribution in [1.82, 2.24) is 4.57 Å². The van der Waals surface area contributed by atoms with Crippen LogP contribution in [0.4, 0.5) is 17.1 Å². The quantitative estimate of drug-likeness (QED) is 0.153. The molecule has 0 radical (unpaired) electrons. The third kappa shape index (κ3) is 6.66. The summed E-state index contributed by atoms with van der Waals surface area (Å²) in [5, 5.41) is 2.28. The highest BCUT2D eigenvalue weighted by Crippen LogP contribution is 2.51. The van der Waals surface area contributed by atoms with Crippen LogP contribution in [0.5, 0.6) is 23.0 Å². The van der Waals surface area contributed by atoms with Crippen molar-refractivity contribution in [3.63, 3.8) is 0 Å². The van der Waals surface area contributed by atoms with Gasteiger partial charge in [-0.1, -0.05) is 164 Å². The lowest BCUT2D eigenvalue weighted by molar-refractivity contribution is 0.362. The van der Waals surface area contributed by atoms with Gasteiger partial charge in [0.1, 0.15) is 5.52 Å². The molecule has 2 heterocycles. The predicted octanol–water partition coefficient (Wildman–Crippen LogP) is 16.8. The highest BCUT2D eigenvalue weighted by atomic mass is 16.6. The maximum absolute atomic E-state index is 6.57. The van der Waals surface area contributed by atoms with Crippen LogP contribution in [0.25, 0.3) is 72.0 Å². The van der Waals surface area contributed by atoms with Crippen LogP contribution in [0.2, 0.25) is 0 Å². The van der Waals surface area contributed by atoms with Crippen molar-refractivity contribution >= 4 is 38.9 Å². The van der Waals surface area contributed by atoms with Crippen LogP contribution in [-0.4, -0.2) is 4.57 Å². The minimum absolute atomic E-state index is 0.710. The van der Waals surface area contributed by atoms with Crippen LogP contribution in [0.1, 0.15) is 0 Å². The van der Waals surface area contributed by atoms with Crippen molar-refractivity contribution in [2.24, 2.45) is 0 Å². The second-order valence-electron chi connectivity index (χ2n) is 16.1. The van der Waals surface area contributed by atoms with Crippen LogP contribution in [0.15, 0.2) is 243 Å².